The van der Waals surface area contributed by atoms with E-state index in [0.29, 0.717) is 0 Å². The lowest BCUT2D eigenvalue weighted by Gasteiger charge is -1.93. The van der Waals surface area contributed by atoms with Crippen molar-refractivity contribution in [2.75, 3.05) is 0 Å². The van der Waals surface area contributed by atoms with Gasteiger partial charge < -0.3 is 0 Å². The van der Waals surface area contributed by atoms with Crippen LogP contribution < -0.4 is 0 Å². The highest BCUT2D eigenvalue weighted by Crippen LogP contribution is 2.14. The highest BCUT2D eigenvalue weighted by atomic mass is 79.9. The van der Waals surface area contributed by atoms with Gasteiger partial charge in [-0.3, -0.25) is 0 Å². The van der Waals surface area contributed by atoms with Gasteiger partial charge in [0, 0.05) is 10.7 Å². The number of aromatic nitrogens is 1. The Kier molecular flexibility index (Phi) is 5.51. The summed E-state index contributed by atoms with van der Waals surface area (Å²) in [6.45, 7) is 5.90. The Hall–Kier alpha value is -0.0800. The monoisotopic (exact) mass is 235 g/mol. The van der Waals surface area contributed by atoms with E-state index in [2.05, 4.69) is 20.9 Å². The van der Waals surface area contributed by atoms with Gasteiger partial charge in [0.25, 0.3) is 0 Å². The maximum atomic E-state index is 5.68. The highest BCUT2D eigenvalue weighted by molar-refractivity contribution is 9.10. The fourth-order valence-corrected chi connectivity index (χ4v) is 1.51. The summed E-state index contributed by atoms with van der Waals surface area (Å²) in [7, 11) is 0. The van der Waals surface area contributed by atoms with E-state index >= 15 is 0 Å². The van der Waals surface area contributed by atoms with E-state index in [9.17, 15) is 0 Å². The van der Waals surface area contributed by atoms with Crippen LogP contribution in [0.1, 0.15) is 19.5 Å². The second-order valence-corrected chi connectivity index (χ2v) is 3.00. The van der Waals surface area contributed by atoms with E-state index in [1.54, 1.807) is 6.07 Å². The van der Waals surface area contributed by atoms with Crippen LogP contribution in [0.2, 0.25) is 5.02 Å². The lowest BCUT2D eigenvalue weighted by molar-refractivity contribution is 1.17. The summed E-state index contributed by atoms with van der Waals surface area (Å²) in [6.07, 6.45) is 0. The average Bonchev–Trinajstić information content (AvgIpc) is 1.88. The van der Waals surface area contributed by atoms with Crippen LogP contribution >= 0.6 is 27.5 Å². The van der Waals surface area contributed by atoms with E-state index < -0.39 is 0 Å². The molecule has 0 saturated heterocycles. The summed E-state index contributed by atoms with van der Waals surface area (Å²) in [6, 6.07) is 3.57. The highest BCUT2D eigenvalue weighted by Gasteiger charge is 1.92. The molecule has 1 aromatic heterocycles. The molecule has 0 atom stereocenters. The summed E-state index contributed by atoms with van der Waals surface area (Å²) < 4.78 is 0.785. The van der Waals surface area contributed by atoms with Crippen LogP contribution in [0, 0.1) is 6.92 Å². The molecule has 0 unspecified atom stereocenters. The molecule has 0 fully saturated rings. The van der Waals surface area contributed by atoms with Crippen LogP contribution in [0.3, 0.4) is 0 Å². The summed E-state index contributed by atoms with van der Waals surface area (Å²) in [5.74, 6) is 0. The third kappa shape index (κ3) is 4.38. The molecule has 3 heteroatoms. The molecule has 11 heavy (non-hydrogen) atoms. The SMILES string of the molecule is CC.Cc1cc(Cl)cc(Br)n1. The van der Waals surface area contributed by atoms with Crippen molar-refractivity contribution in [3.8, 4) is 0 Å². The Morgan fingerprint density at radius 1 is 1.36 bits per heavy atom. The van der Waals surface area contributed by atoms with Gasteiger partial charge in [0.1, 0.15) is 4.60 Å². The van der Waals surface area contributed by atoms with Gasteiger partial charge in [0.2, 0.25) is 0 Å². The molecule has 0 aliphatic rings. The molecule has 0 saturated carbocycles. The van der Waals surface area contributed by atoms with Crippen molar-refractivity contribution < 1.29 is 0 Å². The van der Waals surface area contributed by atoms with Crippen LogP contribution in [0.4, 0.5) is 0 Å². The number of hydrogen-bond acceptors (Lipinski definition) is 1. The van der Waals surface area contributed by atoms with E-state index in [0.717, 1.165) is 15.3 Å². The zero-order chi connectivity index (χ0) is 8.85. The van der Waals surface area contributed by atoms with Gasteiger partial charge in [0.05, 0.1) is 0 Å². The van der Waals surface area contributed by atoms with Crippen LogP contribution in [-0.2, 0) is 0 Å². The van der Waals surface area contributed by atoms with Gasteiger partial charge >= 0.3 is 0 Å². The summed E-state index contributed by atoms with van der Waals surface area (Å²) in [5.41, 5.74) is 0.925. The summed E-state index contributed by atoms with van der Waals surface area (Å²) in [4.78, 5) is 4.07. The third-order valence-corrected chi connectivity index (χ3v) is 1.51. The molecule has 0 spiro atoms. The van der Waals surface area contributed by atoms with Crippen molar-refractivity contribution in [2.24, 2.45) is 0 Å². The minimum atomic E-state index is 0.717. The molecular formula is C8H11BrClN. The van der Waals surface area contributed by atoms with Gasteiger partial charge in [-0.05, 0) is 35.0 Å². The molecule has 0 aliphatic carbocycles. The molecular weight excluding hydrogens is 225 g/mol. The van der Waals surface area contributed by atoms with Crippen LogP contribution in [0.5, 0.6) is 0 Å². The Morgan fingerprint density at radius 3 is 2.27 bits per heavy atom. The van der Waals surface area contributed by atoms with E-state index in [1.165, 1.54) is 0 Å². The normalized spacial score (nSPS) is 8.45. The third-order valence-electron chi connectivity index (χ3n) is 0.887. The van der Waals surface area contributed by atoms with Crippen LogP contribution in [0.25, 0.3) is 0 Å². The van der Waals surface area contributed by atoms with Crippen molar-refractivity contribution in [1.82, 2.24) is 4.98 Å². The second-order valence-electron chi connectivity index (χ2n) is 1.75. The molecule has 0 amide bonds. The minimum Gasteiger partial charge on any atom is -0.246 e. The zero-order valence-corrected chi connectivity index (χ0v) is 9.20. The maximum Gasteiger partial charge on any atom is 0.107 e. The quantitative estimate of drug-likeness (QED) is 0.624. The first-order chi connectivity index (χ1) is 5.18. The number of halogens is 2. The summed E-state index contributed by atoms with van der Waals surface area (Å²) in [5, 5.41) is 0.717. The summed E-state index contributed by atoms with van der Waals surface area (Å²) >= 11 is 8.90. The Morgan fingerprint density at radius 2 is 1.91 bits per heavy atom. The maximum absolute atomic E-state index is 5.68. The zero-order valence-electron chi connectivity index (χ0n) is 6.86. The van der Waals surface area contributed by atoms with E-state index in [-0.39, 0.29) is 0 Å². The Labute approximate surface area is 80.9 Å². The molecule has 0 aliphatic heterocycles. The fourth-order valence-electron chi connectivity index (χ4n) is 0.588. The number of hydrogen-bond donors (Lipinski definition) is 0. The van der Waals surface area contributed by atoms with E-state index in [1.807, 2.05) is 26.8 Å². The van der Waals surface area contributed by atoms with Gasteiger partial charge in [-0.25, -0.2) is 4.98 Å². The molecule has 0 aromatic carbocycles. The first kappa shape index (κ1) is 10.9. The van der Waals surface area contributed by atoms with Crippen molar-refractivity contribution in [3.63, 3.8) is 0 Å². The van der Waals surface area contributed by atoms with Gasteiger partial charge in [-0.1, -0.05) is 25.4 Å². The Balaban J connectivity index is 0.000000461. The van der Waals surface area contributed by atoms with Gasteiger partial charge in [-0.2, -0.15) is 0 Å². The minimum absolute atomic E-state index is 0.717. The average molecular weight is 237 g/mol. The first-order valence-corrected chi connectivity index (χ1v) is 4.65. The number of aryl methyl sites for hydroxylation is 1. The molecule has 1 aromatic rings. The molecule has 1 nitrogen and oxygen atoms in total. The largest absolute Gasteiger partial charge is 0.246 e. The molecule has 1 rings (SSSR count). The number of rotatable bonds is 0. The predicted octanol–water partition coefficient (Wildman–Crippen LogP) is 3.83. The van der Waals surface area contributed by atoms with Crippen LogP contribution in [-0.4, -0.2) is 4.98 Å². The first-order valence-electron chi connectivity index (χ1n) is 3.48. The molecule has 1 heterocycles. The van der Waals surface area contributed by atoms with Crippen molar-refractivity contribution in [2.45, 2.75) is 20.8 Å². The number of nitrogens with zero attached hydrogens (tertiary/aromatic N) is 1. The van der Waals surface area contributed by atoms with E-state index in [4.69, 9.17) is 11.6 Å². The van der Waals surface area contributed by atoms with Crippen LogP contribution in [0.15, 0.2) is 16.7 Å². The Bertz CT molecular complexity index is 175. The molecule has 0 N–H and O–H groups in total. The standard InChI is InChI=1S/C6H5BrClN.C2H6/c1-4-2-5(8)3-6(7)9-4;1-2/h2-3H,1H3;1-2H3. The van der Waals surface area contributed by atoms with Gasteiger partial charge in [0.15, 0.2) is 0 Å². The van der Waals surface area contributed by atoms with Crippen molar-refractivity contribution in [3.05, 3.63) is 27.5 Å². The lowest BCUT2D eigenvalue weighted by Crippen LogP contribution is -1.79. The molecule has 0 bridgehead atoms. The topological polar surface area (TPSA) is 12.9 Å². The molecule has 62 valence electrons. The predicted molar refractivity (Wildman–Crippen MR) is 53.0 cm³/mol. The van der Waals surface area contributed by atoms with Gasteiger partial charge in [-0.15, -0.1) is 0 Å². The van der Waals surface area contributed by atoms with Crippen molar-refractivity contribution in [1.29, 1.82) is 0 Å². The smallest absolute Gasteiger partial charge is 0.107 e. The number of pyridine rings is 1. The molecule has 0 radical (unpaired) electrons. The fraction of sp³-hybridized carbons (Fsp3) is 0.375. The lowest BCUT2D eigenvalue weighted by atomic mass is 10.4. The van der Waals surface area contributed by atoms with Crippen molar-refractivity contribution >= 4 is 27.5 Å². The second kappa shape index (κ2) is 5.56.